The van der Waals surface area contributed by atoms with Gasteiger partial charge in [0.2, 0.25) is 5.51 Å². The van der Waals surface area contributed by atoms with Gasteiger partial charge in [0.05, 0.1) is 24.2 Å². The second-order valence-corrected chi connectivity index (χ2v) is 11.5. The van der Waals surface area contributed by atoms with Gasteiger partial charge in [0.25, 0.3) is 5.91 Å². The Kier molecular flexibility index (Phi) is 16.6. The van der Waals surface area contributed by atoms with E-state index in [0.29, 0.717) is 23.7 Å². The number of hydrogen-bond donors (Lipinski definition) is 1. The molecule has 0 saturated heterocycles. The van der Waals surface area contributed by atoms with Crippen molar-refractivity contribution in [3.63, 3.8) is 0 Å². The van der Waals surface area contributed by atoms with E-state index in [9.17, 15) is 4.79 Å². The van der Waals surface area contributed by atoms with Gasteiger partial charge in [0, 0.05) is 11.3 Å². The minimum absolute atomic E-state index is 0. The normalized spacial score (nSPS) is 10.7. The van der Waals surface area contributed by atoms with E-state index in [2.05, 4.69) is 35.4 Å². The predicted octanol–water partition coefficient (Wildman–Crippen LogP) is 5.74. The molecule has 40 heavy (non-hydrogen) atoms. The van der Waals surface area contributed by atoms with Crippen molar-refractivity contribution >= 4 is 22.9 Å². The van der Waals surface area contributed by atoms with Gasteiger partial charge in [0.1, 0.15) is 0 Å². The van der Waals surface area contributed by atoms with Crippen LogP contribution < -0.4 is 36.3 Å². The van der Waals surface area contributed by atoms with E-state index in [1.807, 2.05) is 36.4 Å². The zero-order chi connectivity index (χ0) is 27.7. The zero-order valence-corrected chi connectivity index (χ0v) is 27.0. The van der Waals surface area contributed by atoms with Crippen molar-refractivity contribution in [3.05, 3.63) is 70.2 Å². The summed E-state index contributed by atoms with van der Waals surface area (Å²) in [5.74, 6) is 0.899. The van der Waals surface area contributed by atoms with Crippen molar-refractivity contribution in [2.75, 3.05) is 19.0 Å². The molecule has 1 aromatic heterocycles. The lowest BCUT2D eigenvalue weighted by Crippen LogP contribution is -3.00. The van der Waals surface area contributed by atoms with E-state index in [4.69, 9.17) is 9.47 Å². The number of amides is 1. The molecule has 0 saturated carbocycles. The molecule has 0 unspecified atom stereocenters. The molecule has 1 amide bonds. The fourth-order valence-electron chi connectivity index (χ4n) is 4.75. The number of aryl methyl sites for hydroxylation is 1. The number of benzene rings is 2. The highest BCUT2D eigenvalue weighted by Crippen LogP contribution is 2.32. The molecule has 0 fully saturated rings. The van der Waals surface area contributed by atoms with E-state index in [1.54, 1.807) is 24.5 Å². The Labute approximate surface area is 256 Å². The lowest BCUT2D eigenvalue weighted by molar-refractivity contribution is -0.683. The number of carbonyl (C=O) groups excluding carboxylic acids is 1. The van der Waals surface area contributed by atoms with Gasteiger partial charge < -0.3 is 31.8 Å². The van der Waals surface area contributed by atoms with Crippen molar-refractivity contribution in [1.82, 2.24) is 0 Å². The number of aromatic nitrogens is 1. The SMILES string of the molecule is CCCCCCCCCCCCCCOc1c(OC)cccc1C(=O)Nc1ccc(C[n+]2csc(C)c2)cc1.[Br-]. The summed E-state index contributed by atoms with van der Waals surface area (Å²) in [6.07, 6.45) is 17.7. The number of hydrogen-bond acceptors (Lipinski definition) is 4. The van der Waals surface area contributed by atoms with Crippen LogP contribution in [0.25, 0.3) is 0 Å². The number of rotatable bonds is 19. The number of nitrogens with one attached hydrogen (secondary N) is 1. The molecular formula is C33H47BrN2O3S. The Morgan fingerprint density at radius 1 is 0.875 bits per heavy atom. The summed E-state index contributed by atoms with van der Waals surface area (Å²) in [5.41, 5.74) is 4.54. The third-order valence-corrected chi connectivity index (χ3v) is 7.84. The van der Waals surface area contributed by atoms with Crippen LogP contribution >= 0.6 is 11.3 Å². The van der Waals surface area contributed by atoms with Gasteiger partial charge in [-0.25, -0.2) is 0 Å². The maximum absolute atomic E-state index is 13.2. The highest BCUT2D eigenvalue weighted by Gasteiger charge is 2.17. The van der Waals surface area contributed by atoms with Gasteiger partial charge in [-0.2, -0.15) is 4.57 Å². The molecule has 220 valence electrons. The van der Waals surface area contributed by atoms with E-state index in [-0.39, 0.29) is 22.9 Å². The summed E-state index contributed by atoms with van der Waals surface area (Å²) in [6.45, 7) is 5.76. The molecule has 0 aliphatic rings. The Morgan fingerprint density at radius 2 is 1.50 bits per heavy atom. The van der Waals surface area contributed by atoms with E-state index in [0.717, 1.165) is 25.1 Å². The van der Waals surface area contributed by atoms with E-state index < -0.39 is 0 Å². The average molecular weight is 632 g/mol. The van der Waals surface area contributed by atoms with Crippen LogP contribution in [0.5, 0.6) is 11.5 Å². The number of para-hydroxylation sites is 1. The Hall–Kier alpha value is -2.38. The van der Waals surface area contributed by atoms with Crippen LogP contribution in [-0.2, 0) is 6.54 Å². The van der Waals surface area contributed by atoms with Gasteiger partial charge in [-0.1, -0.05) is 107 Å². The first-order chi connectivity index (χ1) is 19.1. The number of anilines is 1. The second-order valence-electron chi connectivity index (χ2n) is 10.4. The van der Waals surface area contributed by atoms with Gasteiger partial charge in [0.15, 0.2) is 24.2 Å². The van der Waals surface area contributed by atoms with Crippen molar-refractivity contribution in [2.24, 2.45) is 0 Å². The zero-order valence-electron chi connectivity index (χ0n) is 24.6. The molecule has 0 atom stereocenters. The molecule has 3 rings (SSSR count). The van der Waals surface area contributed by atoms with Crippen LogP contribution in [-0.4, -0.2) is 19.6 Å². The van der Waals surface area contributed by atoms with Gasteiger partial charge in [-0.3, -0.25) is 4.79 Å². The lowest BCUT2D eigenvalue weighted by atomic mass is 10.1. The molecule has 5 nitrogen and oxygen atoms in total. The molecular weight excluding hydrogens is 584 g/mol. The third kappa shape index (κ3) is 12.0. The van der Waals surface area contributed by atoms with Crippen LogP contribution in [0.2, 0.25) is 0 Å². The topological polar surface area (TPSA) is 51.4 Å². The summed E-state index contributed by atoms with van der Waals surface area (Å²) in [5, 5.41) is 3.01. The fourth-order valence-corrected chi connectivity index (χ4v) is 5.39. The number of methoxy groups -OCH3 is 1. The lowest BCUT2D eigenvalue weighted by Gasteiger charge is -2.15. The number of thiazole rings is 1. The standard InChI is InChI=1S/C33H46N2O3S.BrH/c1-4-5-6-7-8-9-10-11-12-13-14-15-23-38-32-30(17-16-18-31(32)37-3)33(36)34-29-21-19-28(20-22-29)25-35-24-27(2)39-26-35;/h16-22,24,26H,4-15,23,25H2,1-3H3;1H. The fraction of sp³-hybridized carbons (Fsp3) is 0.515. The number of ether oxygens (including phenoxy) is 2. The highest BCUT2D eigenvalue weighted by molar-refractivity contribution is 7.09. The largest absolute Gasteiger partial charge is 1.00 e. The Morgan fingerprint density at radius 3 is 2.08 bits per heavy atom. The average Bonchev–Trinajstić information content (AvgIpc) is 3.36. The maximum Gasteiger partial charge on any atom is 0.259 e. The minimum Gasteiger partial charge on any atom is -1.00 e. The molecule has 0 aliphatic heterocycles. The molecule has 7 heteroatoms. The third-order valence-electron chi connectivity index (χ3n) is 6.99. The van der Waals surface area contributed by atoms with E-state index >= 15 is 0 Å². The van der Waals surface area contributed by atoms with Gasteiger partial charge in [-0.05, 0) is 37.6 Å². The quantitative estimate of drug-likeness (QED) is 0.136. The predicted molar refractivity (Wildman–Crippen MR) is 162 cm³/mol. The van der Waals surface area contributed by atoms with Gasteiger partial charge in [-0.15, -0.1) is 0 Å². The first kappa shape index (κ1) is 33.8. The molecule has 1 heterocycles. The molecule has 0 aliphatic carbocycles. The molecule has 1 N–H and O–H groups in total. The smallest absolute Gasteiger partial charge is 0.259 e. The van der Waals surface area contributed by atoms with Crippen molar-refractivity contribution in [3.8, 4) is 11.5 Å². The summed E-state index contributed by atoms with van der Waals surface area (Å²) in [6, 6.07) is 13.4. The second kappa shape index (κ2) is 19.7. The summed E-state index contributed by atoms with van der Waals surface area (Å²) >= 11 is 1.74. The van der Waals surface area contributed by atoms with Crippen LogP contribution in [0.4, 0.5) is 5.69 Å². The highest BCUT2D eigenvalue weighted by atomic mass is 79.9. The van der Waals surface area contributed by atoms with Crippen LogP contribution in [0, 0.1) is 6.92 Å². The molecule has 0 spiro atoms. The van der Waals surface area contributed by atoms with E-state index in [1.165, 1.54) is 74.6 Å². The van der Waals surface area contributed by atoms with Crippen molar-refractivity contribution in [2.45, 2.75) is 97.4 Å². The Bertz CT molecular complexity index is 1120. The maximum atomic E-state index is 13.2. The van der Waals surface area contributed by atoms with Gasteiger partial charge >= 0.3 is 0 Å². The molecule has 2 aromatic carbocycles. The number of halogens is 1. The first-order valence-corrected chi connectivity index (χ1v) is 15.6. The first-order valence-electron chi connectivity index (χ1n) is 14.7. The van der Waals surface area contributed by atoms with Crippen LogP contribution in [0.1, 0.15) is 105 Å². The van der Waals surface area contributed by atoms with Crippen molar-refractivity contribution < 1.29 is 35.8 Å². The number of nitrogens with zero attached hydrogens (tertiary/aromatic N) is 1. The summed E-state index contributed by atoms with van der Waals surface area (Å²) in [4.78, 5) is 14.5. The summed E-state index contributed by atoms with van der Waals surface area (Å²) < 4.78 is 13.8. The minimum atomic E-state index is -0.200. The Balaban J connectivity index is 0.00000560. The molecule has 0 bridgehead atoms. The summed E-state index contributed by atoms with van der Waals surface area (Å²) in [7, 11) is 1.61. The van der Waals surface area contributed by atoms with Crippen LogP contribution in [0.3, 0.4) is 0 Å². The number of unbranched alkanes of at least 4 members (excludes halogenated alkanes) is 11. The molecule has 0 radical (unpaired) electrons. The number of carbonyl (C=O) groups is 1. The van der Waals surface area contributed by atoms with Crippen molar-refractivity contribution in [1.29, 1.82) is 0 Å². The monoisotopic (exact) mass is 630 g/mol. The molecule has 3 aromatic rings. The van der Waals surface area contributed by atoms with Crippen LogP contribution in [0.15, 0.2) is 54.2 Å².